The maximum atomic E-state index is 13.1. The lowest BCUT2D eigenvalue weighted by atomic mass is 9.91. The predicted molar refractivity (Wildman–Crippen MR) is 109 cm³/mol. The number of carboxylic acids is 1. The molecule has 148 valence electrons. The minimum atomic E-state index is -3.60. The van der Waals surface area contributed by atoms with Crippen molar-refractivity contribution in [2.75, 3.05) is 13.1 Å². The van der Waals surface area contributed by atoms with Crippen LogP contribution in [0.15, 0.2) is 59.5 Å². The zero-order valence-electron chi connectivity index (χ0n) is 15.9. The van der Waals surface area contributed by atoms with Gasteiger partial charge in [-0.3, -0.25) is 0 Å². The zero-order valence-corrected chi connectivity index (χ0v) is 16.7. The summed E-state index contributed by atoms with van der Waals surface area (Å²) >= 11 is 0. The van der Waals surface area contributed by atoms with Crippen molar-refractivity contribution in [3.8, 4) is 0 Å². The van der Waals surface area contributed by atoms with Crippen molar-refractivity contribution in [3.05, 3.63) is 71.3 Å². The summed E-state index contributed by atoms with van der Waals surface area (Å²) in [5.41, 5.74) is 2.52. The van der Waals surface area contributed by atoms with Gasteiger partial charge in [0, 0.05) is 19.2 Å². The van der Waals surface area contributed by atoms with Crippen LogP contribution in [-0.4, -0.2) is 36.9 Å². The minimum absolute atomic E-state index is 0.251. The highest BCUT2D eigenvalue weighted by molar-refractivity contribution is 7.89. The monoisotopic (exact) mass is 399 g/mol. The van der Waals surface area contributed by atoms with Crippen LogP contribution in [0, 0.1) is 12.8 Å². The van der Waals surface area contributed by atoms with E-state index in [1.54, 1.807) is 29.4 Å². The molecule has 0 amide bonds. The van der Waals surface area contributed by atoms with Gasteiger partial charge in [0.15, 0.2) is 0 Å². The molecule has 3 rings (SSSR count). The molecule has 0 unspecified atom stereocenters. The molecule has 1 aliphatic heterocycles. The second-order valence-electron chi connectivity index (χ2n) is 7.23. The molecule has 1 fully saturated rings. The molecule has 28 heavy (non-hydrogen) atoms. The normalized spacial score (nSPS) is 16.5. The summed E-state index contributed by atoms with van der Waals surface area (Å²) in [5, 5.41) is 8.78. The third-order valence-corrected chi connectivity index (χ3v) is 7.23. The summed E-state index contributed by atoms with van der Waals surface area (Å²) in [5.74, 6) is -0.578. The Hall–Kier alpha value is -2.44. The Morgan fingerprint density at radius 2 is 1.82 bits per heavy atom. The SMILES string of the molecule is Cc1ccc(/C=C/C(=O)O)cc1S(=O)(=O)N1CCC(Cc2ccccc2)CC1. The van der Waals surface area contributed by atoms with Gasteiger partial charge in [0.2, 0.25) is 10.0 Å². The number of hydrogen-bond donors (Lipinski definition) is 1. The standard InChI is InChI=1S/C22H25NO4S/c1-17-7-8-19(9-10-22(24)25)16-21(17)28(26,27)23-13-11-20(12-14-23)15-18-5-3-2-4-6-18/h2-10,16,20H,11-15H2,1H3,(H,24,25)/b10-9+. The lowest BCUT2D eigenvalue weighted by Gasteiger charge is -2.31. The molecule has 0 bridgehead atoms. The molecular weight excluding hydrogens is 374 g/mol. The van der Waals surface area contributed by atoms with E-state index in [4.69, 9.17) is 5.11 Å². The molecule has 0 aliphatic carbocycles. The van der Waals surface area contributed by atoms with E-state index in [0.717, 1.165) is 25.3 Å². The Labute approximate surface area is 166 Å². The Balaban J connectivity index is 1.72. The van der Waals surface area contributed by atoms with Gasteiger partial charge >= 0.3 is 5.97 Å². The topological polar surface area (TPSA) is 74.7 Å². The second-order valence-corrected chi connectivity index (χ2v) is 9.14. The van der Waals surface area contributed by atoms with E-state index in [9.17, 15) is 13.2 Å². The third-order valence-electron chi connectivity index (χ3n) is 5.19. The average molecular weight is 400 g/mol. The molecule has 1 aliphatic rings. The summed E-state index contributed by atoms with van der Waals surface area (Å²) in [6.45, 7) is 2.78. The number of benzene rings is 2. The number of hydrogen-bond acceptors (Lipinski definition) is 3. The number of piperidine rings is 1. The third kappa shape index (κ3) is 4.88. The molecular formula is C22H25NO4S. The van der Waals surface area contributed by atoms with E-state index in [1.807, 2.05) is 18.2 Å². The van der Waals surface area contributed by atoms with Crippen LogP contribution in [0.2, 0.25) is 0 Å². The molecule has 5 nitrogen and oxygen atoms in total. The van der Waals surface area contributed by atoms with E-state index < -0.39 is 16.0 Å². The first kappa shape index (κ1) is 20.3. The largest absolute Gasteiger partial charge is 0.478 e. The van der Waals surface area contributed by atoms with Crippen LogP contribution in [0.1, 0.15) is 29.5 Å². The fourth-order valence-corrected chi connectivity index (χ4v) is 5.34. The quantitative estimate of drug-likeness (QED) is 0.751. The molecule has 6 heteroatoms. The molecule has 0 aromatic heterocycles. The van der Waals surface area contributed by atoms with E-state index in [1.165, 1.54) is 11.6 Å². The Kier molecular flexibility index (Phi) is 6.31. The Morgan fingerprint density at radius 3 is 2.46 bits per heavy atom. The molecule has 2 aromatic carbocycles. The van der Waals surface area contributed by atoms with Crippen LogP contribution in [0.25, 0.3) is 6.08 Å². The Morgan fingerprint density at radius 1 is 1.14 bits per heavy atom. The molecule has 1 N–H and O–H groups in total. The van der Waals surface area contributed by atoms with Crippen LogP contribution >= 0.6 is 0 Å². The van der Waals surface area contributed by atoms with Gasteiger partial charge in [-0.05, 0) is 60.9 Å². The summed E-state index contributed by atoms with van der Waals surface area (Å²) in [7, 11) is -3.60. The average Bonchev–Trinajstić information content (AvgIpc) is 2.68. The van der Waals surface area contributed by atoms with Crippen LogP contribution < -0.4 is 0 Å². The van der Waals surface area contributed by atoms with Gasteiger partial charge in [-0.1, -0.05) is 42.5 Å². The predicted octanol–water partition coefficient (Wildman–Crippen LogP) is 3.74. The van der Waals surface area contributed by atoms with Gasteiger partial charge in [0.25, 0.3) is 0 Å². The molecule has 0 saturated carbocycles. The molecule has 0 atom stereocenters. The molecule has 0 radical (unpaired) electrons. The van der Waals surface area contributed by atoms with Crippen molar-refractivity contribution in [3.63, 3.8) is 0 Å². The van der Waals surface area contributed by atoms with Crippen LogP contribution in [-0.2, 0) is 21.2 Å². The summed E-state index contributed by atoms with van der Waals surface area (Å²) in [6.07, 6.45) is 5.07. The number of carboxylic acid groups (broad SMARTS) is 1. The minimum Gasteiger partial charge on any atom is -0.478 e. The maximum Gasteiger partial charge on any atom is 0.328 e. The highest BCUT2D eigenvalue weighted by Gasteiger charge is 2.30. The van der Waals surface area contributed by atoms with Crippen molar-refractivity contribution in [1.29, 1.82) is 0 Å². The first-order valence-electron chi connectivity index (χ1n) is 9.42. The maximum absolute atomic E-state index is 13.1. The smallest absolute Gasteiger partial charge is 0.328 e. The van der Waals surface area contributed by atoms with Crippen molar-refractivity contribution < 1.29 is 18.3 Å². The number of sulfonamides is 1. The van der Waals surface area contributed by atoms with Crippen molar-refractivity contribution in [2.24, 2.45) is 5.92 Å². The number of aryl methyl sites for hydroxylation is 1. The van der Waals surface area contributed by atoms with Gasteiger partial charge in [-0.15, -0.1) is 0 Å². The first-order valence-corrected chi connectivity index (χ1v) is 10.9. The number of rotatable bonds is 6. The molecule has 1 heterocycles. The summed E-state index contributed by atoms with van der Waals surface area (Å²) in [4.78, 5) is 11.0. The first-order chi connectivity index (χ1) is 13.4. The second kappa shape index (κ2) is 8.71. The van der Waals surface area contributed by atoms with Gasteiger partial charge in [0.05, 0.1) is 4.90 Å². The van der Waals surface area contributed by atoms with E-state index in [-0.39, 0.29) is 4.90 Å². The van der Waals surface area contributed by atoms with Crippen LogP contribution in [0.5, 0.6) is 0 Å². The summed E-state index contributed by atoms with van der Waals surface area (Å²) < 4.78 is 27.9. The molecule has 1 saturated heterocycles. The highest BCUT2D eigenvalue weighted by Crippen LogP contribution is 2.28. The van der Waals surface area contributed by atoms with E-state index >= 15 is 0 Å². The van der Waals surface area contributed by atoms with Gasteiger partial charge < -0.3 is 5.11 Å². The Bertz CT molecular complexity index is 959. The number of carbonyl (C=O) groups is 1. The number of nitrogens with zero attached hydrogens (tertiary/aromatic N) is 1. The number of aliphatic carboxylic acids is 1. The zero-order chi connectivity index (χ0) is 20.1. The fourth-order valence-electron chi connectivity index (χ4n) is 3.61. The van der Waals surface area contributed by atoms with Crippen LogP contribution in [0.3, 0.4) is 0 Å². The van der Waals surface area contributed by atoms with Crippen molar-refractivity contribution in [2.45, 2.75) is 31.1 Å². The van der Waals surface area contributed by atoms with Gasteiger partial charge in [0.1, 0.15) is 0 Å². The van der Waals surface area contributed by atoms with E-state index in [2.05, 4.69) is 12.1 Å². The summed E-state index contributed by atoms with van der Waals surface area (Å²) in [6, 6.07) is 15.3. The highest BCUT2D eigenvalue weighted by atomic mass is 32.2. The fraction of sp³-hybridized carbons (Fsp3) is 0.318. The van der Waals surface area contributed by atoms with E-state index in [0.29, 0.717) is 30.1 Å². The van der Waals surface area contributed by atoms with Crippen LogP contribution in [0.4, 0.5) is 0 Å². The molecule has 0 spiro atoms. The lowest BCUT2D eigenvalue weighted by Crippen LogP contribution is -2.39. The molecule has 2 aromatic rings. The van der Waals surface area contributed by atoms with Crippen molar-refractivity contribution in [1.82, 2.24) is 4.31 Å². The lowest BCUT2D eigenvalue weighted by molar-refractivity contribution is -0.131. The van der Waals surface area contributed by atoms with Gasteiger partial charge in [-0.25, -0.2) is 13.2 Å². The van der Waals surface area contributed by atoms with Gasteiger partial charge in [-0.2, -0.15) is 4.31 Å². The van der Waals surface area contributed by atoms with Crippen molar-refractivity contribution >= 4 is 22.1 Å².